The molecule has 2 atom stereocenters. The molecular weight excluding hydrogens is 400 g/mol. The van der Waals surface area contributed by atoms with Gasteiger partial charge in [0.25, 0.3) is 0 Å². The summed E-state index contributed by atoms with van der Waals surface area (Å²) in [5.41, 5.74) is 2.42. The van der Waals surface area contributed by atoms with Gasteiger partial charge >= 0.3 is 6.03 Å². The number of aryl methyl sites for hydroxylation is 1. The minimum atomic E-state index is -3.22. The first kappa shape index (κ1) is 19.1. The van der Waals surface area contributed by atoms with Crippen LogP contribution in [0.4, 0.5) is 10.5 Å². The molecule has 8 heteroatoms. The van der Waals surface area contributed by atoms with E-state index in [0.29, 0.717) is 23.0 Å². The molecule has 2 aromatic carbocycles. The molecule has 148 valence electrons. The zero-order valence-electron chi connectivity index (χ0n) is 15.6. The second-order valence-electron chi connectivity index (χ2n) is 7.28. The summed E-state index contributed by atoms with van der Waals surface area (Å²) in [5, 5.41) is 0.550. The molecular formula is C20H21ClN2O4S. The lowest BCUT2D eigenvalue weighted by Gasteiger charge is -2.23. The van der Waals surface area contributed by atoms with E-state index in [4.69, 9.17) is 16.3 Å². The Hall–Kier alpha value is -2.25. The number of sulfone groups is 1. The van der Waals surface area contributed by atoms with Gasteiger partial charge in [0.15, 0.2) is 9.84 Å². The highest BCUT2D eigenvalue weighted by Gasteiger charge is 2.53. The summed E-state index contributed by atoms with van der Waals surface area (Å²) < 4.78 is 29.9. The standard InChI is InChI=1S/C20H21ClN2O4S/c1-13-6-7-15(9-17(13)21)23-19-12-28(25,26)11-18(19)22(20(23)24)10-14-4-3-5-16(8-14)27-2/h3-9,18-19H,10-12H2,1-2H3/t18-,19-/m0/s1. The van der Waals surface area contributed by atoms with Crippen LogP contribution in [0.1, 0.15) is 11.1 Å². The Labute approximate surface area is 169 Å². The monoisotopic (exact) mass is 420 g/mol. The number of ether oxygens (including phenoxy) is 1. The Kier molecular flexibility index (Phi) is 4.75. The number of methoxy groups -OCH3 is 1. The summed E-state index contributed by atoms with van der Waals surface area (Å²) in [6.07, 6.45) is 0. The lowest BCUT2D eigenvalue weighted by atomic mass is 10.1. The van der Waals surface area contributed by atoms with Gasteiger partial charge < -0.3 is 9.64 Å². The number of rotatable bonds is 4. The predicted octanol–water partition coefficient (Wildman–Crippen LogP) is 3.26. The molecule has 28 heavy (non-hydrogen) atoms. The lowest BCUT2D eigenvalue weighted by molar-refractivity contribution is 0.206. The highest BCUT2D eigenvalue weighted by atomic mass is 35.5. The van der Waals surface area contributed by atoms with Crippen LogP contribution >= 0.6 is 11.6 Å². The van der Waals surface area contributed by atoms with Gasteiger partial charge in [0.2, 0.25) is 0 Å². The van der Waals surface area contributed by atoms with Gasteiger partial charge in [-0.05, 0) is 42.3 Å². The summed E-state index contributed by atoms with van der Waals surface area (Å²) in [4.78, 5) is 16.5. The third-order valence-electron chi connectivity index (χ3n) is 5.40. The fraction of sp³-hybridized carbons (Fsp3) is 0.350. The largest absolute Gasteiger partial charge is 0.497 e. The van der Waals surface area contributed by atoms with Gasteiger partial charge in [0, 0.05) is 17.3 Å². The quantitative estimate of drug-likeness (QED) is 0.712. The molecule has 2 saturated heterocycles. The van der Waals surface area contributed by atoms with Crippen LogP contribution in [0.2, 0.25) is 5.02 Å². The van der Waals surface area contributed by atoms with Crippen molar-refractivity contribution in [3.8, 4) is 5.75 Å². The van der Waals surface area contributed by atoms with Crippen LogP contribution in [0.5, 0.6) is 5.75 Å². The SMILES string of the molecule is COc1cccc(CN2C(=O)N(c3ccc(C)c(Cl)c3)[C@H]3CS(=O)(=O)C[C@@H]32)c1. The summed E-state index contributed by atoms with van der Waals surface area (Å²) in [6, 6.07) is 11.8. The van der Waals surface area contributed by atoms with E-state index < -0.39 is 15.9 Å². The molecule has 2 heterocycles. The van der Waals surface area contributed by atoms with Gasteiger partial charge in [-0.15, -0.1) is 0 Å². The number of carbonyl (C=O) groups excluding carboxylic acids is 1. The molecule has 2 fully saturated rings. The average Bonchev–Trinajstić information content (AvgIpc) is 3.08. The van der Waals surface area contributed by atoms with Crippen molar-refractivity contribution in [2.45, 2.75) is 25.6 Å². The first-order valence-corrected chi connectivity index (χ1v) is 11.2. The molecule has 0 radical (unpaired) electrons. The van der Waals surface area contributed by atoms with E-state index >= 15 is 0 Å². The number of halogens is 1. The van der Waals surface area contributed by atoms with Crippen LogP contribution in [0, 0.1) is 6.92 Å². The number of anilines is 1. The second kappa shape index (κ2) is 6.97. The average molecular weight is 421 g/mol. The molecule has 0 aromatic heterocycles. The van der Waals surface area contributed by atoms with E-state index in [1.807, 2.05) is 43.3 Å². The molecule has 2 aromatic rings. The van der Waals surface area contributed by atoms with Crippen molar-refractivity contribution in [1.82, 2.24) is 4.90 Å². The van der Waals surface area contributed by atoms with Gasteiger partial charge in [-0.1, -0.05) is 29.8 Å². The number of benzene rings is 2. The van der Waals surface area contributed by atoms with E-state index in [2.05, 4.69) is 0 Å². The first-order valence-electron chi connectivity index (χ1n) is 8.98. The van der Waals surface area contributed by atoms with E-state index in [-0.39, 0.29) is 23.6 Å². The van der Waals surface area contributed by atoms with Crippen LogP contribution < -0.4 is 9.64 Å². The van der Waals surface area contributed by atoms with E-state index in [1.54, 1.807) is 23.0 Å². The highest BCUT2D eigenvalue weighted by molar-refractivity contribution is 7.91. The van der Waals surface area contributed by atoms with Crippen LogP contribution in [0.3, 0.4) is 0 Å². The van der Waals surface area contributed by atoms with Crippen molar-refractivity contribution >= 4 is 33.2 Å². The van der Waals surface area contributed by atoms with Gasteiger partial charge in [-0.25, -0.2) is 13.2 Å². The Morgan fingerprint density at radius 1 is 1.14 bits per heavy atom. The number of carbonyl (C=O) groups is 1. The molecule has 0 saturated carbocycles. The first-order chi connectivity index (χ1) is 13.3. The molecule has 6 nitrogen and oxygen atoms in total. The summed E-state index contributed by atoms with van der Waals surface area (Å²) in [6.45, 7) is 2.21. The maximum absolute atomic E-state index is 13.3. The van der Waals surface area contributed by atoms with E-state index in [1.165, 1.54) is 0 Å². The van der Waals surface area contributed by atoms with Crippen molar-refractivity contribution in [2.24, 2.45) is 0 Å². The molecule has 0 bridgehead atoms. The Morgan fingerprint density at radius 3 is 2.61 bits per heavy atom. The van der Waals surface area contributed by atoms with Crippen LogP contribution in [0.15, 0.2) is 42.5 Å². The van der Waals surface area contributed by atoms with Crippen molar-refractivity contribution in [1.29, 1.82) is 0 Å². The zero-order chi connectivity index (χ0) is 20.1. The minimum Gasteiger partial charge on any atom is -0.497 e. The molecule has 2 aliphatic heterocycles. The van der Waals surface area contributed by atoms with Crippen LogP contribution in [0.25, 0.3) is 0 Å². The number of fused-ring (bicyclic) bond motifs is 1. The van der Waals surface area contributed by atoms with Crippen molar-refractivity contribution < 1.29 is 17.9 Å². The van der Waals surface area contributed by atoms with Gasteiger partial charge in [0.05, 0.1) is 30.7 Å². The third-order valence-corrected chi connectivity index (χ3v) is 7.50. The molecule has 0 unspecified atom stereocenters. The molecule has 0 spiro atoms. The fourth-order valence-corrected chi connectivity index (χ4v) is 6.09. The zero-order valence-corrected chi connectivity index (χ0v) is 17.2. The number of amides is 2. The smallest absolute Gasteiger partial charge is 0.325 e. The normalized spacial score (nSPS) is 23.2. The molecule has 0 N–H and O–H groups in total. The van der Waals surface area contributed by atoms with Crippen molar-refractivity contribution in [3.63, 3.8) is 0 Å². The van der Waals surface area contributed by atoms with Gasteiger partial charge in [0.1, 0.15) is 5.75 Å². The van der Waals surface area contributed by atoms with Crippen molar-refractivity contribution in [2.75, 3.05) is 23.5 Å². The predicted molar refractivity (Wildman–Crippen MR) is 109 cm³/mol. The lowest BCUT2D eigenvalue weighted by Crippen LogP contribution is -2.37. The number of hydrogen-bond acceptors (Lipinski definition) is 4. The van der Waals surface area contributed by atoms with E-state index in [9.17, 15) is 13.2 Å². The van der Waals surface area contributed by atoms with Crippen LogP contribution in [-0.4, -0.2) is 50.0 Å². The summed E-state index contributed by atoms with van der Waals surface area (Å²) in [5.74, 6) is 0.634. The van der Waals surface area contributed by atoms with Crippen molar-refractivity contribution in [3.05, 3.63) is 58.6 Å². The second-order valence-corrected chi connectivity index (χ2v) is 9.84. The Morgan fingerprint density at radius 2 is 1.89 bits per heavy atom. The summed E-state index contributed by atoms with van der Waals surface area (Å²) >= 11 is 6.25. The third kappa shape index (κ3) is 3.33. The van der Waals surface area contributed by atoms with Gasteiger partial charge in [-0.3, -0.25) is 4.90 Å². The van der Waals surface area contributed by atoms with Crippen LogP contribution in [-0.2, 0) is 16.4 Å². The topological polar surface area (TPSA) is 66.9 Å². The number of nitrogens with zero attached hydrogens (tertiary/aromatic N) is 2. The Bertz CT molecular complexity index is 1040. The molecule has 2 amide bonds. The number of hydrogen-bond donors (Lipinski definition) is 0. The maximum atomic E-state index is 13.3. The molecule has 2 aliphatic rings. The fourth-order valence-electron chi connectivity index (χ4n) is 3.96. The molecule has 0 aliphatic carbocycles. The maximum Gasteiger partial charge on any atom is 0.325 e. The highest BCUT2D eigenvalue weighted by Crippen LogP contribution is 2.37. The molecule has 4 rings (SSSR count). The van der Waals surface area contributed by atoms with E-state index in [0.717, 1.165) is 11.1 Å². The minimum absolute atomic E-state index is 0.0243. The number of urea groups is 1. The Balaban J connectivity index is 1.71. The summed E-state index contributed by atoms with van der Waals surface area (Å²) in [7, 11) is -1.63. The van der Waals surface area contributed by atoms with Gasteiger partial charge in [-0.2, -0.15) is 0 Å².